The molecule has 1 aliphatic carbocycles. The van der Waals surface area contributed by atoms with Crippen LogP contribution >= 0.6 is 0 Å². The van der Waals surface area contributed by atoms with Crippen LogP contribution in [0.25, 0.3) is 5.70 Å². The van der Waals surface area contributed by atoms with Gasteiger partial charge < -0.3 is 10.4 Å². The summed E-state index contributed by atoms with van der Waals surface area (Å²) < 4.78 is 1.75. The zero-order valence-corrected chi connectivity index (χ0v) is 14.0. The average molecular weight is 323 g/mol. The van der Waals surface area contributed by atoms with Crippen molar-refractivity contribution < 1.29 is 9.90 Å². The number of fused-ring (bicyclic) bond motifs is 1. The molecule has 0 bridgehead atoms. The highest BCUT2D eigenvalue weighted by molar-refractivity contribution is 5.90. The second kappa shape index (κ2) is 6.00. The van der Waals surface area contributed by atoms with Gasteiger partial charge in [0.15, 0.2) is 0 Å². The smallest absolute Gasteiger partial charge is 0.335 e. The number of hydrogen-bond donors (Lipinski definition) is 2. The maximum Gasteiger partial charge on any atom is 0.335 e. The number of rotatable bonds is 5. The van der Waals surface area contributed by atoms with E-state index in [4.69, 9.17) is 0 Å². The molecular formula is C19H21N3O2. The standard InChI is InChI=1S/C19H21N3O2/c1-11-9-10-20-22(11)14(4)13(3)21-18-8-7-15-12(2)16(19(23)24)5-6-17(15)18/h5-6,9-10,18,21H,3-4,7-8H2,1-2H3,(H,23,24). The van der Waals surface area contributed by atoms with Crippen molar-refractivity contribution in [2.24, 2.45) is 0 Å². The molecule has 2 aromatic rings. The molecule has 2 N–H and O–H groups in total. The van der Waals surface area contributed by atoms with Gasteiger partial charge in [-0.25, -0.2) is 9.48 Å². The van der Waals surface area contributed by atoms with Gasteiger partial charge in [0.25, 0.3) is 0 Å². The van der Waals surface area contributed by atoms with Gasteiger partial charge in [-0.05, 0) is 55.5 Å². The van der Waals surface area contributed by atoms with Gasteiger partial charge in [-0.15, -0.1) is 0 Å². The Morgan fingerprint density at radius 1 is 1.33 bits per heavy atom. The van der Waals surface area contributed by atoms with Gasteiger partial charge in [0, 0.05) is 11.9 Å². The number of nitrogens with zero attached hydrogens (tertiary/aromatic N) is 2. The quantitative estimate of drug-likeness (QED) is 0.827. The topological polar surface area (TPSA) is 67.2 Å². The van der Waals surface area contributed by atoms with Crippen LogP contribution in [0.3, 0.4) is 0 Å². The summed E-state index contributed by atoms with van der Waals surface area (Å²) in [6.07, 6.45) is 3.50. The van der Waals surface area contributed by atoms with E-state index in [0.717, 1.165) is 40.9 Å². The fraction of sp³-hybridized carbons (Fsp3) is 0.263. The normalized spacial score (nSPS) is 15.8. The van der Waals surface area contributed by atoms with Gasteiger partial charge >= 0.3 is 5.97 Å². The predicted octanol–water partition coefficient (Wildman–Crippen LogP) is 3.46. The maximum absolute atomic E-state index is 11.3. The Hall–Kier alpha value is -2.82. The lowest BCUT2D eigenvalue weighted by Gasteiger charge is -2.20. The third-order valence-electron chi connectivity index (χ3n) is 4.71. The lowest BCUT2D eigenvalue weighted by atomic mass is 9.98. The maximum atomic E-state index is 11.3. The van der Waals surface area contributed by atoms with Crippen LogP contribution in [0.15, 0.2) is 43.3 Å². The molecule has 124 valence electrons. The number of aromatic nitrogens is 2. The molecule has 5 heteroatoms. The van der Waals surface area contributed by atoms with Crippen molar-refractivity contribution in [3.05, 3.63) is 71.2 Å². The van der Waals surface area contributed by atoms with Crippen molar-refractivity contribution in [3.63, 3.8) is 0 Å². The Morgan fingerprint density at radius 2 is 2.08 bits per heavy atom. The van der Waals surface area contributed by atoms with E-state index < -0.39 is 5.97 Å². The molecule has 0 spiro atoms. The van der Waals surface area contributed by atoms with Crippen molar-refractivity contribution in [2.45, 2.75) is 32.7 Å². The van der Waals surface area contributed by atoms with Gasteiger partial charge in [-0.2, -0.15) is 5.10 Å². The minimum atomic E-state index is -0.876. The van der Waals surface area contributed by atoms with Crippen molar-refractivity contribution in [2.75, 3.05) is 0 Å². The number of carbonyl (C=O) groups is 1. The van der Waals surface area contributed by atoms with Gasteiger partial charge in [0.05, 0.1) is 23.0 Å². The zero-order chi connectivity index (χ0) is 17.4. The molecule has 0 saturated heterocycles. The minimum absolute atomic E-state index is 0.113. The number of benzene rings is 1. The molecule has 0 saturated carbocycles. The van der Waals surface area contributed by atoms with Gasteiger partial charge in [0.2, 0.25) is 0 Å². The first-order valence-corrected chi connectivity index (χ1v) is 7.91. The molecule has 1 unspecified atom stereocenters. The summed E-state index contributed by atoms with van der Waals surface area (Å²) in [5.74, 6) is -0.876. The molecule has 3 rings (SSSR count). The Kier molecular flexibility index (Phi) is 4.01. The highest BCUT2D eigenvalue weighted by atomic mass is 16.4. The van der Waals surface area contributed by atoms with Crippen molar-refractivity contribution in [1.29, 1.82) is 0 Å². The molecule has 1 aromatic carbocycles. The number of aromatic carboxylic acids is 1. The summed E-state index contributed by atoms with van der Waals surface area (Å²) in [7, 11) is 0. The minimum Gasteiger partial charge on any atom is -0.478 e. The SMILES string of the molecule is C=C(NC1CCc2c1ccc(C(=O)O)c2C)C(=C)n1nccc1C. The van der Waals surface area contributed by atoms with Crippen LogP contribution in [-0.4, -0.2) is 20.9 Å². The molecule has 0 aliphatic heterocycles. The van der Waals surface area contributed by atoms with Crippen LogP contribution in [0.4, 0.5) is 0 Å². The molecule has 1 atom stereocenters. The summed E-state index contributed by atoms with van der Waals surface area (Å²) >= 11 is 0. The Balaban J connectivity index is 1.81. The fourth-order valence-corrected chi connectivity index (χ4v) is 3.34. The number of carboxylic acid groups (broad SMARTS) is 1. The van der Waals surface area contributed by atoms with E-state index in [2.05, 4.69) is 23.6 Å². The summed E-state index contributed by atoms with van der Waals surface area (Å²) in [6.45, 7) is 12.0. The number of nitrogens with one attached hydrogen (secondary N) is 1. The molecule has 24 heavy (non-hydrogen) atoms. The number of aryl methyl sites for hydroxylation is 1. The van der Waals surface area contributed by atoms with Crippen molar-refractivity contribution in [3.8, 4) is 0 Å². The summed E-state index contributed by atoms with van der Waals surface area (Å²) in [5.41, 5.74) is 5.94. The highest BCUT2D eigenvalue weighted by Crippen LogP contribution is 2.35. The fourth-order valence-electron chi connectivity index (χ4n) is 3.34. The number of hydrogen-bond acceptors (Lipinski definition) is 3. The van der Waals surface area contributed by atoms with Crippen LogP contribution in [0.2, 0.25) is 0 Å². The summed E-state index contributed by atoms with van der Waals surface area (Å²) in [4.78, 5) is 11.3. The van der Waals surface area contributed by atoms with E-state index in [1.165, 1.54) is 0 Å². The molecule has 0 radical (unpaired) electrons. The lowest BCUT2D eigenvalue weighted by molar-refractivity contribution is 0.0696. The van der Waals surface area contributed by atoms with Crippen molar-refractivity contribution >= 4 is 11.7 Å². The van der Waals surface area contributed by atoms with E-state index in [1.807, 2.05) is 26.0 Å². The molecule has 0 amide bonds. The van der Waals surface area contributed by atoms with E-state index in [9.17, 15) is 9.90 Å². The lowest BCUT2D eigenvalue weighted by Crippen LogP contribution is -2.21. The van der Waals surface area contributed by atoms with Gasteiger partial charge in [-0.3, -0.25) is 0 Å². The zero-order valence-electron chi connectivity index (χ0n) is 14.0. The monoisotopic (exact) mass is 323 g/mol. The molecule has 1 heterocycles. The van der Waals surface area contributed by atoms with Crippen LogP contribution in [0.5, 0.6) is 0 Å². The van der Waals surface area contributed by atoms with E-state index >= 15 is 0 Å². The molecule has 0 fully saturated rings. The van der Waals surface area contributed by atoms with E-state index in [1.54, 1.807) is 16.9 Å². The second-order valence-electron chi connectivity index (χ2n) is 6.16. The molecule has 5 nitrogen and oxygen atoms in total. The first-order chi connectivity index (χ1) is 11.4. The van der Waals surface area contributed by atoms with Crippen molar-refractivity contribution in [1.82, 2.24) is 15.1 Å². The number of allylic oxidation sites excluding steroid dienone is 1. The summed E-state index contributed by atoms with van der Waals surface area (Å²) in [6, 6.07) is 5.62. The largest absolute Gasteiger partial charge is 0.478 e. The predicted molar refractivity (Wildman–Crippen MR) is 93.8 cm³/mol. The van der Waals surface area contributed by atoms with Crippen LogP contribution in [-0.2, 0) is 6.42 Å². The van der Waals surface area contributed by atoms with Gasteiger partial charge in [0.1, 0.15) is 0 Å². The first kappa shape index (κ1) is 16.1. The van der Waals surface area contributed by atoms with E-state index in [0.29, 0.717) is 11.3 Å². The Labute approximate surface area is 141 Å². The first-order valence-electron chi connectivity index (χ1n) is 7.91. The van der Waals surface area contributed by atoms with Gasteiger partial charge in [-0.1, -0.05) is 19.2 Å². The van der Waals surface area contributed by atoms with Crippen LogP contribution in [0.1, 0.15) is 45.2 Å². The Morgan fingerprint density at radius 3 is 2.71 bits per heavy atom. The van der Waals surface area contributed by atoms with Crippen LogP contribution in [0, 0.1) is 13.8 Å². The molecule has 1 aliphatic rings. The highest BCUT2D eigenvalue weighted by Gasteiger charge is 2.26. The van der Waals surface area contributed by atoms with E-state index in [-0.39, 0.29) is 6.04 Å². The average Bonchev–Trinajstić information content (AvgIpc) is 3.13. The molecule has 1 aromatic heterocycles. The number of carboxylic acids is 1. The van der Waals surface area contributed by atoms with Crippen LogP contribution < -0.4 is 5.32 Å². The molecular weight excluding hydrogens is 302 g/mol. The second-order valence-corrected chi connectivity index (χ2v) is 6.16. The third-order valence-corrected chi connectivity index (χ3v) is 4.71. The Bertz CT molecular complexity index is 848. The summed E-state index contributed by atoms with van der Waals surface area (Å²) in [5, 5.41) is 16.9. The third kappa shape index (κ3) is 2.62.